The summed E-state index contributed by atoms with van der Waals surface area (Å²) in [6.45, 7) is 2.43. The van der Waals surface area contributed by atoms with Crippen LogP contribution in [0.1, 0.15) is 62.8 Å². The zero-order chi connectivity index (χ0) is 16.2. The molecule has 24 heavy (non-hydrogen) atoms. The number of benzene rings is 2. The number of hydrogen-bond donors (Lipinski definition) is 0. The summed E-state index contributed by atoms with van der Waals surface area (Å²) in [5.41, 5.74) is 5.71. The Bertz CT molecular complexity index is 604. The average Bonchev–Trinajstić information content (AvgIpc) is 2.70. The Morgan fingerprint density at radius 2 is 1.33 bits per heavy atom. The van der Waals surface area contributed by atoms with Gasteiger partial charge in [0.05, 0.1) is 0 Å². The molecule has 0 N–H and O–H groups in total. The van der Waals surface area contributed by atoms with Gasteiger partial charge in [0.15, 0.2) is 0 Å². The largest absolute Gasteiger partial charge is 0.372 e. The first-order chi connectivity index (χ1) is 11.9. The Labute approximate surface area is 146 Å². The lowest BCUT2D eigenvalue weighted by Crippen LogP contribution is -2.29. The molecular weight excluding hydrogens is 290 g/mol. The van der Waals surface area contributed by atoms with Crippen LogP contribution in [0.15, 0.2) is 48.5 Å². The van der Waals surface area contributed by atoms with Gasteiger partial charge in [-0.15, -0.1) is 0 Å². The van der Waals surface area contributed by atoms with Gasteiger partial charge in [-0.2, -0.15) is 0 Å². The number of anilines is 1. The monoisotopic (exact) mass is 319 g/mol. The molecule has 1 aliphatic heterocycles. The van der Waals surface area contributed by atoms with E-state index in [-0.39, 0.29) is 0 Å². The number of rotatable bonds is 3. The molecule has 1 saturated carbocycles. The normalized spacial score (nSPS) is 19.4. The maximum absolute atomic E-state index is 2.55. The zero-order valence-corrected chi connectivity index (χ0v) is 14.7. The van der Waals surface area contributed by atoms with Gasteiger partial charge in [0.25, 0.3) is 0 Å². The lowest BCUT2D eigenvalue weighted by Gasteiger charge is -2.29. The van der Waals surface area contributed by atoms with E-state index in [0.29, 0.717) is 0 Å². The number of hydrogen-bond acceptors (Lipinski definition) is 1. The van der Waals surface area contributed by atoms with E-state index in [1.54, 1.807) is 5.56 Å². The molecule has 0 aromatic heterocycles. The van der Waals surface area contributed by atoms with Crippen LogP contribution in [0.4, 0.5) is 5.69 Å². The average molecular weight is 319 g/mol. The molecule has 1 saturated heterocycles. The highest BCUT2D eigenvalue weighted by Crippen LogP contribution is 2.35. The predicted octanol–water partition coefficient (Wildman–Crippen LogP) is 6.39. The molecule has 2 fully saturated rings. The van der Waals surface area contributed by atoms with Crippen LogP contribution in [-0.2, 0) is 0 Å². The molecule has 1 nitrogen and oxygen atoms in total. The fourth-order valence-electron chi connectivity index (χ4n) is 4.44. The molecule has 1 heterocycles. The maximum Gasteiger partial charge on any atom is 0.0372 e. The Morgan fingerprint density at radius 3 is 2.12 bits per heavy atom. The van der Waals surface area contributed by atoms with E-state index >= 15 is 0 Å². The van der Waals surface area contributed by atoms with Crippen LogP contribution in [0.5, 0.6) is 0 Å². The highest BCUT2D eigenvalue weighted by atomic mass is 15.1. The fraction of sp³-hybridized carbons (Fsp3) is 0.478. The Hall–Kier alpha value is -1.76. The van der Waals surface area contributed by atoms with E-state index in [0.717, 1.165) is 5.92 Å². The third-order valence-electron chi connectivity index (χ3n) is 5.86. The molecule has 0 unspecified atom stereocenters. The second-order valence-corrected chi connectivity index (χ2v) is 7.56. The summed E-state index contributed by atoms with van der Waals surface area (Å²) in [5.74, 6) is 0.781. The molecule has 2 aromatic carbocycles. The standard InChI is InChI=1S/C23H29N/c1-3-9-19(10-4-1)20-11-7-12-21(17-20)22-13-8-14-23(18-22)24-15-5-2-6-16-24/h7-8,11-14,17-19H,1-6,9-10,15-16H2. The third kappa shape index (κ3) is 3.50. The minimum absolute atomic E-state index is 0.781. The molecule has 0 amide bonds. The van der Waals surface area contributed by atoms with Gasteiger partial charge < -0.3 is 4.90 Å². The molecular formula is C23H29N. The molecule has 2 aliphatic rings. The first-order valence-electron chi connectivity index (χ1n) is 9.85. The molecule has 4 rings (SSSR count). The van der Waals surface area contributed by atoms with Crippen molar-refractivity contribution in [2.75, 3.05) is 18.0 Å². The van der Waals surface area contributed by atoms with Crippen molar-refractivity contribution in [3.63, 3.8) is 0 Å². The van der Waals surface area contributed by atoms with Crippen LogP contribution >= 0.6 is 0 Å². The van der Waals surface area contributed by atoms with Gasteiger partial charge in [-0.3, -0.25) is 0 Å². The van der Waals surface area contributed by atoms with E-state index in [1.807, 2.05) is 0 Å². The highest BCUT2D eigenvalue weighted by molar-refractivity contribution is 5.69. The second-order valence-electron chi connectivity index (χ2n) is 7.56. The predicted molar refractivity (Wildman–Crippen MR) is 104 cm³/mol. The molecule has 0 radical (unpaired) electrons. The van der Waals surface area contributed by atoms with Gasteiger partial charge in [0.2, 0.25) is 0 Å². The number of piperidine rings is 1. The summed E-state index contributed by atoms with van der Waals surface area (Å²) in [5, 5.41) is 0. The molecule has 1 heteroatoms. The van der Waals surface area contributed by atoms with Crippen LogP contribution in [0.3, 0.4) is 0 Å². The topological polar surface area (TPSA) is 3.24 Å². The van der Waals surface area contributed by atoms with Crippen molar-refractivity contribution in [2.24, 2.45) is 0 Å². The highest BCUT2D eigenvalue weighted by Gasteiger charge is 2.16. The Morgan fingerprint density at radius 1 is 0.667 bits per heavy atom. The van der Waals surface area contributed by atoms with E-state index in [2.05, 4.69) is 53.4 Å². The summed E-state index contributed by atoms with van der Waals surface area (Å²) < 4.78 is 0. The van der Waals surface area contributed by atoms with Crippen LogP contribution in [-0.4, -0.2) is 13.1 Å². The van der Waals surface area contributed by atoms with Crippen LogP contribution < -0.4 is 4.90 Å². The summed E-state index contributed by atoms with van der Waals surface area (Å²) in [6, 6.07) is 18.5. The van der Waals surface area contributed by atoms with Crippen molar-refractivity contribution in [3.8, 4) is 11.1 Å². The van der Waals surface area contributed by atoms with E-state index in [4.69, 9.17) is 0 Å². The number of nitrogens with zero attached hydrogens (tertiary/aromatic N) is 1. The van der Waals surface area contributed by atoms with Crippen molar-refractivity contribution in [3.05, 3.63) is 54.1 Å². The minimum Gasteiger partial charge on any atom is -0.372 e. The van der Waals surface area contributed by atoms with Gasteiger partial charge in [0.1, 0.15) is 0 Å². The maximum atomic E-state index is 2.55. The van der Waals surface area contributed by atoms with Crippen LogP contribution in [0.25, 0.3) is 11.1 Å². The lowest BCUT2D eigenvalue weighted by atomic mass is 9.83. The van der Waals surface area contributed by atoms with Crippen LogP contribution in [0, 0.1) is 0 Å². The van der Waals surface area contributed by atoms with Gasteiger partial charge in [-0.25, -0.2) is 0 Å². The van der Waals surface area contributed by atoms with Crippen molar-refractivity contribution < 1.29 is 0 Å². The van der Waals surface area contributed by atoms with Crippen molar-refractivity contribution in [1.29, 1.82) is 0 Å². The van der Waals surface area contributed by atoms with Crippen molar-refractivity contribution in [1.82, 2.24) is 0 Å². The lowest BCUT2D eigenvalue weighted by molar-refractivity contribution is 0.444. The van der Waals surface area contributed by atoms with E-state index in [1.165, 1.54) is 81.3 Å². The Kier molecular flexibility index (Phi) is 4.87. The summed E-state index contributed by atoms with van der Waals surface area (Å²) in [7, 11) is 0. The third-order valence-corrected chi connectivity index (χ3v) is 5.86. The summed E-state index contributed by atoms with van der Waals surface area (Å²) in [4.78, 5) is 2.55. The van der Waals surface area contributed by atoms with Gasteiger partial charge >= 0.3 is 0 Å². The second kappa shape index (κ2) is 7.42. The zero-order valence-electron chi connectivity index (χ0n) is 14.7. The van der Waals surface area contributed by atoms with Gasteiger partial charge in [-0.05, 0) is 66.8 Å². The first kappa shape index (κ1) is 15.7. The fourth-order valence-corrected chi connectivity index (χ4v) is 4.44. The van der Waals surface area contributed by atoms with E-state index in [9.17, 15) is 0 Å². The summed E-state index contributed by atoms with van der Waals surface area (Å²) >= 11 is 0. The molecule has 126 valence electrons. The summed E-state index contributed by atoms with van der Waals surface area (Å²) in [6.07, 6.45) is 11.0. The van der Waals surface area contributed by atoms with Crippen LogP contribution in [0.2, 0.25) is 0 Å². The first-order valence-corrected chi connectivity index (χ1v) is 9.85. The van der Waals surface area contributed by atoms with Gasteiger partial charge in [0, 0.05) is 18.8 Å². The van der Waals surface area contributed by atoms with E-state index < -0.39 is 0 Å². The molecule has 1 aliphatic carbocycles. The van der Waals surface area contributed by atoms with Crippen molar-refractivity contribution >= 4 is 5.69 Å². The molecule has 0 spiro atoms. The minimum atomic E-state index is 0.781. The molecule has 0 bridgehead atoms. The quantitative estimate of drug-likeness (QED) is 0.633. The Balaban J connectivity index is 1.59. The molecule has 0 atom stereocenters. The SMILES string of the molecule is c1cc(-c2cccc(N3CCCCC3)c2)cc(C2CCCCC2)c1. The molecule has 2 aromatic rings. The van der Waals surface area contributed by atoms with Gasteiger partial charge in [-0.1, -0.05) is 55.7 Å². The smallest absolute Gasteiger partial charge is 0.0372 e. The van der Waals surface area contributed by atoms with Crippen molar-refractivity contribution in [2.45, 2.75) is 57.3 Å².